The predicted octanol–water partition coefficient (Wildman–Crippen LogP) is 1.73. The largest absolute Gasteiger partial charge is 0.313 e. The van der Waals surface area contributed by atoms with Gasteiger partial charge in [0.25, 0.3) is 0 Å². The second-order valence-corrected chi connectivity index (χ2v) is 2.96. The number of rotatable bonds is 3. The van der Waals surface area contributed by atoms with E-state index in [2.05, 4.69) is 23.5 Å². The summed E-state index contributed by atoms with van der Waals surface area (Å²) in [6, 6.07) is 0. The second kappa shape index (κ2) is 4.60. The number of hydrazone groups is 1. The number of nitrogens with one attached hydrogen (secondary N) is 2. The lowest BCUT2D eigenvalue weighted by molar-refractivity contribution is 0.750. The fourth-order valence-electron chi connectivity index (χ4n) is 1.31. The van der Waals surface area contributed by atoms with E-state index < -0.39 is 0 Å². The second-order valence-electron chi connectivity index (χ2n) is 2.96. The Hall–Kier alpha value is -1.38. The monoisotopic (exact) mass is 177 g/mol. The Bertz CT molecular complexity index is 274. The lowest BCUT2D eigenvalue weighted by Gasteiger charge is -2.14. The van der Waals surface area contributed by atoms with E-state index in [4.69, 9.17) is 5.41 Å². The maximum atomic E-state index is 7.47. The molecule has 0 heterocycles. The van der Waals surface area contributed by atoms with Gasteiger partial charge in [0.1, 0.15) is 0 Å². The Morgan fingerprint density at radius 3 is 3.08 bits per heavy atom. The van der Waals surface area contributed by atoms with Crippen molar-refractivity contribution in [2.24, 2.45) is 11.0 Å². The molecular weight excluding hydrogens is 162 g/mol. The standard InChI is InChI=1S/C10H15N3/c1-3-8-4-5-10(11)6-9(8)7-13-12-2/h4-8,11-12H,3H2,1-2H3. The third kappa shape index (κ3) is 2.54. The minimum absolute atomic E-state index is 0.409. The number of hydrogen-bond donors (Lipinski definition) is 2. The van der Waals surface area contributed by atoms with Gasteiger partial charge in [0.05, 0.1) is 11.9 Å². The molecule has 0 saturated heterocycles. The van der Waals surface area contributed by atoms with Crippen LogP contribution < -0.4 is 5.43 Å². The quantitative estimate of drug-likeness (QED) is 0.500. The van der Waals surface area contributed by atoms with Gasteiger partial charge in [-0.15, -0.1) is 0 Å². The van der Waals surface area contributed by atoms with Crippen molar-refractivity contribution in [1.29, 1.82) is 5.41 Å². The average molecular weight is 177 g/mol. The maximum Gasteiger partial charge on any atom is 0.0540 e. The Morgan fingerprint density at radius 1 is 1.69 bits per heavy atom. The van der Waals surface area contributed by atoms with E-state index in [1.165, 1.54) is 0 Å². The van der Waals surface area contributed by atoms with Crippen molar-refractivity contribution in [2.45, 2.75) is 13.3 Å². The van der Waals surface area contributed by atoms with E-state index in [0.29, 0.717) is 11.6 Å². The van der Waals surface area contributed by atoms with Crippen LogP contribution in [0.3, 0.4) is 0 Å². The van der Waals surface area contributed by atoms with Gasteiger partial charge in [-0.25, -0.2) is 0 Å². The zero-order valence-electron chi connectivity index (χ0n) is 8.04. The van der Waals surface area contributed by atoms with Gasteiger partial charge in [0, 0.05) is 13.0 Å². The molecule has 13 heavy (non-hydrogen) atoms. The molecule has 1 aliphatic rings. The normalized spacial score (nSPS) is 22.2. The van der Waals surface area contributed by atoms with E-state index in [-0.39, 0.29) is 0 Å². The molecule has 0 aliphatic heterocycles. The van der Waals surface area contributed by atoms with Crippen LogP contribution in [0.15, 0.2) is 28.9 Å². The summed E-state index contributed by atoms with van der Waals surface area (Å²) < 4.78 is 0. The first-order valence-electron chi connectivity index (χ1n) is 4.46. The molecule has 1 aliphatic carbocycles. The summed E-state index contributed by atoms with van der Waals surface area (Å²) in [6.07, 6.45) is 8.58. The number of allylic oxidation sites excluding steroid dienone is 4. The van der Waals surface area contributed by atoms with Crippen LogP contribution in [0.5, 0.6) is 0 Å². The van der Waals surface area contributed by atoms with Crippen LogP contribution in [0.4, 0.5) is 0 Å². The SMILES string of the molecule is CCC1C=CC(=N)C=C1C=NNC. The van der Waals surface area contributed by atoms with Crippen LogP contribution in [-0.4, -0.2) is 19.0 Å². The van der Waals surface area contributed by atoms with Crippen molar-refractivity contribution in [3.8, 4) is 0 Å². The van der Waals surface area contributed by atoms with Crippen molar-refractivity contribution < 1.29 is 0 Å². The fourth-order valence-corrected chi connectivity index (χ4v) is 1.31. The first-order chi connectivity index (χ1) is 6.27. The van der Waals surface area contributed by atoms with Crippen molar-refractivity contribution >= 4 is 11.9 Å². The molecule has 3 heteroatoms. The molecule has 0 aromatic carbocycles. The van der Waals surface area contributed by atoms with Gasteiger partial charge in [0.15, 0.2) is 0 Å². The minimum Gasteiger partial charge on any atom is -0.313 e. The van der Waals surface area contributed by atoms with Crippen LogP contribution in [0.2, 0.25) is 0 Å². The van der Waals surface area contributed by atoms with E-state index >= 15 is 0 Å². The maximum absolute atomic E-state index is 7.47. The third-order valence-electron chi connectivity index (χ3n) is 2.04. The van der Waals surface area contributed by atoms with Gasteiger partial charge in [-0.1, -0.05) is 13.0 Å². The van der Waals surface area contributed by atoms with E-state index in [1.54, 1.807) is 13.3 Å². The highest BCUT2D eigenvalue weighted by Gasteiger charge is 2.11. The fraction of sp³-hybridized carbons (Fsp3) is 0.400. The van der Waals surface area contributed by atoms with Gasteiger partial charge in [0.2, 0.25) is 0 Å². The Labute approximate surface area is 78.7 Å². The van der Waals surface area contributed by atoms with Crippen LogP contribution in [0, 0.1) is 11.3 Å². The number of nitrogens with zero attached hydrogens (tertiary/aromatic N) is 1. The lowest BCUT2D eigenvalue weighted by atomic mass is 9.91. The zero-order valence-corrected chi connectivity index (χ0v) is 8.04. The summed E-state index contributed by atoms with van der Waals surface area (Å²) in [5.41, 5.74) is 4.35. The summed E-state index contributed by atoms with van der Waals surface area (Å²) in [5, 5.41) is 11.4. The highest BCUT2D eigenvalue weighted by Crippen LogP contribution is 2.18. The molecule has 0 bridgehead atoms. The smallest absolute Gasteiger partial charge is 0.0540 e. The predicted molar refractivity (Wildman–Crippen MR) is 56.3 cm³/mol. The molecule has 0 saturated carbocycles. The summed E-state index contributed by atoms with van der Waals surface area (Å²) in [7, 11) is 1.77. The molecule has 70 valence electrons. The molecule has 0 fully saturated rings. The topological polar surface area (TPSA) is 48.2 Å². The molecule has 1 unspecified atom stereocenters. The van der Waals surface area contributed by atoms with Crippen molar-refractivity contribution in [2.75, 3.05) is 7.05 Å². The average Bonchev–Trinajstić information content (AvgIpc) is 2.15. The van der Waals surface area contributed by atoms with Gasteiger partial charge in [-0.2, -0.15) is 5.10 Å². The van der Waals surface area contributed by atoms with Gasteiger partial charge >= 0.3 is 0 Å². The van der Waals surface area contributed by atoms with Crippen LogP contribution in [0.25, 0.3) is 0 Å². The first-order valence-corrected chi connectivity index (χ1v) is 4.46. The van der Waals surface area contributed by atoms with Crippen molar-refractivity contribution in [1.82, 2.24) is 5.43 Å². The minimum atomic E-state index is 0.409. The molecule has 0 radical (unpaired) electrons. The van der Waals surface area contributed by atoms with Crippen LogP contribution >= 0.6 is 0 Å². The van der Waals surface area contributed by atoms with Crippen molar-refractivity contribution in [3.63, 3.8) is 0 Å². The van der Waals surface area contributed by atoms with Crippen molar-refractivity contribution in [3.05, 3.63) is 23.8 Å². The molecule has 0 aromatic heterocycles. The highest BCUT2D eigenvalue weighted by molar-refractivity contribution is 6.06. The molecule has 0 aromatic rings. The molecule has 2 N–H and O–H groups in total. The molecule has 0 spiro atoms. The van der Waals surface area contributed by atoms with E-state index in [1.807, 2.05) is 12.2 Å². The Morgan fingerprint density at radius 2 is 2.46 bits per heavy atom. The first kappa shape index (κ1) is 9.71. The lowest BCUT2D eigenvalue weighted by Crippen LogP contribution is -2.09. The third-order valence-corrected chi connectivity index (χ3v) is 2.04. The summed E-state index contributed by atoms with van der Waals surface area (Å²) in [4.78, 5) is 0. The van der Waals surface area contributed by atoms with Gasteiger partial charge in [-0.05, 0) is 24.1 Å². The highest BCUT2D eigenvalue weighted by atomic mass is 15.3. The number of hydrogen-bond acceptors (Lipinski definition) is 3. The van der Waals surface area contributed by atoms with E-state index in [0.717, 1.165) is 12.0 Å². The Balaban J connectivity index is 2.77. The molecule has 3 nitrogen and oxygen atoms in total. The summed E-state index contributed by atoms with van der Waals surface area (Å²) in [5.74, 6) is 0.409. The van der Waals surface area contributed by atoms with Gasteiger partial charge < -0.3 is 10.8 Å². The van der Waals surface area contributed by atoms with Crippen LogP contribution in [0.1, 0.15) is 13.3 Å². The molecule has 1 atom stereocenters. The summed E-state index contributed by atoms with van der Waals surface area (Å²) in [6.45, 7) is 2.13. The zero-order chi connectivity index (χ0) is 9.68. The molecule has 1 rings (SSSR count). The summed E-state index contributed by atoms with van der Waals surface area (Å²) >= 11 is 0. The Kier molecular flexibility index (Phi) is 3.43. The van der Waals surface area contributed by atoms with Gasteiger partial charge in [-0.3, -0.25) is 0 Å². The van der Waals surface area contributed by atoms with E-state index in [9.17, 15) is 0 Å². The van der Waals surface area contributed by atoms with Crippen LogP contribution in [-0.2, 0) is 0 Å². The molecule has 0 amide bonds. The molecular formula is C10H15N3.